The summed E-state index contributed by atoms with van der Waals surface area (Å²) in [6.45, 7) is 8.50. The van der Waals surface area contributed by atoms with E-state index >= 15 is 0 Å². The summed E-state index contributed by atoms with van der Waals surface area (Å²) in [5, 5.41) is 0. The number of ketones is 1. The number of carbonyl (C=O) groups is 1. The van der Waals surface area contributed by atoms with Crippen molar-refractivity contribution in [3.63, 3.8) is 0 Å². The third-order valence-electron chi connectivity index (χ3n) is 0.654. The highest BCUT2D eigenvalue weighted by atomic mass is 16.5. The lowest BCUT2D eigenvalue weighted by atomic mass is 10.5. The fraction of sp³-hybridized carbons (Fsp3) is 0.875. The van der Waals surface area contributed by atoms with Crippen molar-refractivity contribution in [3.8, 4) is 0 Å². The van der Waals surface area contributed by atoms with Gasteiger partial charge in [-0.25, -0.2) is 0 Å². The summed E-state index contributed by atoms with van der Waals surface area (Å²) in [4.78, 5) is 10.2. The van der Waals surface area contributed by atoms with Crippen molar-refractivity contribution in [1.29, 1.82) is 0 Å². The van der Waals surface area contributed by atoms with Gasteiger partial charge in [0.25, 0.3) is 0 Å². The molecule has 0 saturated carbocycles. The molecule has 0 unspecified atom stereocenters. The van der Waals surface area contributed by atoms with Gasteiger partial charge < -0.3 is 4.74 Å². The Morgan fingerprint density at radius 1 is 1.40 bits per heavy atom. The fourth-order valence-electron chi connectivity index (χ4n) is 0.360. The Balaban J connectivity index is 0. The standard InChI is InChI=1S/C6H12O2.C2H6/c1-3-4-8-5-6(2)7;1-2/h3-5H2,1-2H3;1-2H3. The van der Waals surface area contributed by atoms with Gasteiger partial charge in [0.1, 0.15) is 6.61 Å². The Morgan fingerprint density at radius 2 is 1.90 bits per heavy atom. The summed E-state index contributed by atoms with van der Waals surface area (Å²) in [7, 11) is 0. The molecule has 0 heterocycles. The van der Waals surface area contributed by atoms with Gasteiger partial charge in [0.2, 0.25) is 0 Å². The SMILES string of the molecule is CC.CCCOCC(C)=O. The number of carbonyl (C=O) groups excluding carboxylic acids is 1. The van der Waals surface area contributed by atoms with Gasteiger partial charge in [-0.15, -0.1) is 0 Å². The van der Waals surface area contributed by atoms with E-state index in [2.05, 4.69) is 0 Å². The zero-order chi connectivity index (χ0) is 8.41. The van der Waals surface area contributed by atoms with Crippen molar-refractivity contribution in [2.24, 2.45) is 0 Å². The van der Waals surface area contributed by atoms with Crippen LogP contribution < -0.4 is 0 Å². The van der Waals surface area contributed by atoms with Gasteiger partial charge in [-0.2, -0.15) is 0 Å². The van der Waals surface area contributed by atoms with E-state index in [0.29, 0.717) is 6.61 Å². The molecule has 2 heteroatoms. The number of rotatable bonds is 4. The summed E-state index contributed by atoms with van der Waals surface area (Å²) < 4.78 is 4.89. The van der Waals surface area contributed by atoms with Crippen molar-refractivity contribution < 1.29 is 9.53 Å². The summed E-state index contributed by atoms with van der Waals surface area (Å²) in [6, 6.07) is 0. The highest BCUT2D eigenvalue weighted by molar-refractivity contribution is 5.76. The van der Waals surface area contributed by atoms with Gasteiger partial charge in [-0.3, -0.25) is 4.79 Å². The summed E-state index contributed by atoms with van der Waals surface area (Å²) in [5.41, 5.74) is 0. The molecule has 0 N–H and O–H groups in total. The first-order valence-corrected chi connectivity index (χ1v) is 3.84. The van der Waals surface area contributed by atoms with Crippen LogP contribution in [-0.2, 0) is 9.53 Å². The molecule has 0 aliphatic rings. The van der Waals surface area contributed by atoms with Crippen LogP contribution >= 0.6 is 0 Å². The molecule has 0 aliphatic heterocycles. The van der Waals surface area contributed by atoms with E-state index in [9.17, 15) is 4.79 Å². The van der Waals surface area contributed by atoms with E-state index in [1.54, 1.807) is 0 Å². The van der Waals surface area contributed by atoms with Gasteiger partial charge >= 0.3 is 0 Å². The molecule has 2 nitrogen and oxygen atoms in total. The van der Waals surface area contributed by atoms with Crippen LogP contribution in [0.15, 0.2) is 0 Å². The lowest BCUT2D eigenvalue weighted by molar-refractivity contribution is -0.121. The van der Waals surface area contributed by atoms with Crippen LogP contribution in [0.4, 0.5) is 0 Å². The first-order valence-electron chi connectivity index (χ1n) is 3.84. The third-order valence-corrected chi connectivity index (χ3v) is 0.654. The summed E-state index contributed by atoms with van der Waals surface area (Å²) in [6.07, 6.45) is 0.979. The summed E-state index contributed by atoms with van der Waals surface area (Å²) >= 11 is 0. The average Bonchev–Trinajstić information content (AvgIpc) is 1.92. The van der Waals surface area contributed by atoms with Gasteiger partial charge in [-0.05, 0) is 13.3 Å². The Kier molecular flexibility index (Phi) is 14.1. The van der Waals surface area contributed by atoms with Gasteiger partial charge in [-0.1, -0.05) is 20.8 Å². The van der Waals surface area contributed by atoms with Crippen LogP contribution in [0.2, 0.25) is 0 Å². The zero-order valence-corrected chi connectivity index (χ0v) is 7.44. The molecule has 62 valence electrons. The Labute approximate surface area is 63.6 Å². The maximum absolute atomic E-state index is 10.2. The first-order chi connectivity index (χ1) is 4.77. The molecule has 0 spiro atoms. The molecule has 0 aromatic carbocycles. The van der Waals surface area contributed by atoms with Gasteiger partial charge in [0.05, 0.1) is 0 Å². The van der Waals surface area contributed by atoms with E-state index in [-0.39, 0.29) is 12.4 Å². The van der Waals surface area contributed by atoms with Crippen LogP contribution in [0, 0.1) is 0 Å². The molecule has 0 saturated heterocycles. The van der Waals surface area contributed by atoms with E-state index in [1.165, 1.54) is 6.92 Å². The zero-order valence-electron chi connectivity index (χ0n) is 7.44. The number of ether oxygens (including phenoxy) is 1. The van der Waals surface area contributed by atoms with Crippen LogP contribution in [-0.4, -0.2) is 19.0 Å². The molecule has 0 bridgehead atoms. The first kappa shape index (κ1) is 12.3. The Bertz CT molecular complexity index is 69.7. The highest BCUT2D eigenvalue weighted by Gasteiger charge is 1.88. The normalized spacial score (nSPS) is 8.00. The van der Waals surface area contributed by atoms with Crippen molar-refractivity contribution in [1.82, 2.24) is 0 Å². The molecular weight excluding hydrogens is 128 g/mol. The molecular formula is C8H18O2. The molecule has 0 radical (unpaired) electrons. The number of Topliss-reactive ketones (excluding diaryl/α,β-unsaturated/α-hetero) is 1. The predicted molar refractivity (Wildman–Crippen MR) is 43.1 cm³/mol. The van der Waals surface area contributed by atoms with E-state index < -0.39 is 0 Å². The molecule has 0 rings (SSSR count). The van der Waals surface area contributed by atoms with E-state index in [4.69, 9.17) is 4.74 Å². The maximum Gasteiger partial charge on any atom is 0.155 e. The second-order valence-electron chi connectivity index (χ2n) is 1.75. The Morgan fingerprint density at radius 3 is 2.20 bits per heavy atom. The minimum Gasteiger partial charge on any atom is -0.374 e. The van der Waals surface area contributed by atoms with Crippen LogP contribution in [0.5, 0.6) is 0 Å². The molecule has 0 aromatic heterocycles. The van der Waals surface area contributed by atoms with Gasteiger partial charge in [0.15, 0.2) is 5.78 Å². The maximum atomic E-state index is 10.2. The second kappa shape index (κ2) is 11.4. The van der Waals surface area contributed by atoms with Crippen molar-refractivity contribution in [2.75, 3.05) is 13.2 Å². The minimum absolute atomic E-state index is 0.0958. The second-order valence-corrected chi connectivity index (χ2v) is 1.75. The minimum atomic E-state index is 0.0958. The summed E-state index contributed by atoms with van der Waals surface area (Å²) in [5.74, 6) is 0.0958. The van der Waals surface area contributed by atoms with Crippen molar-refractivity contribution in [2.45, 2.75) is 34.1 Å². The topological polar surface area (TPSA) is 26.3 Å². The molecule has 10 heavy (non-hydrogen) atoms. The predicted octanol–water partition coefficient (Wildman–Crippen LogP) is 2.03. The third kappa shape index (κ3) is 15.6. The lowest BCUT2D eigenvalue weighted by Gasteiger charge is -1.95. The highest BCUT2D eigenvalue weighted by Crippen LogP contribution is 1.79. The van der Waals surface area contributed by atoms with Crippen molar-refractivity contribution >= 4 is 5.78 Å². The monoisotopic (exact) mass is 146 g/mol. The van der Waals surface area contributed by atoms with Crippen LogP contribution in [0.25, 0.3) is 0 Å². The number of hydrogen-bond donors (Lipinski definition) is 0. The van der Waals surface area contributed by atoms with Gasteiger partial charge in [0, 0.05) is 6.61 Å². The van der Waals surface area contributed by atoms with Crippen LogP contribution in [0.1, 0.15) is 34.1 Å². The fourth-order valence-corrected chi connectivity index (χ4v) is 0.360. The molecule has 0 fully saturated rings. The van der Waals surface area contributed by atoms with E-state index in [0.717, 1.165) is 6.42 Å². The Hall–Kier alpha value is -0.370. The number of hydrogen-bond acceptors (Lipinski definition) is 2. The quantitative estimate of drug-likeness (QED) is 0.567. The lowest BCUT2D eigenvalue weighted by Crippen LogP contribution is -2.03. The molecule has 0 atom stereocenters. The smallest absolute Gasteiger partial charge is 0.155 e. The molecule has 0 aliphatic carbocycles. The average molecular weight is 146 g/mol. The molecule has 0 aromatic rings. The molecule has 0 amide bonds. The van der Waals surface area contributed by atoms with E-state index in [1.807, 2.05) is 20.8 Å². The van der Waals surface area contributed by atoms with Crippen molar-refractivity contribution in [3.05, 3.63) is 0 Å². The largest absolute Gasteiger partial charge is 0.374 e. The van der Waals surface area contributed by atoms with Crippen LogP contribution in [0.3, 0.4) is 0 Å².